The van der Waals surface area contributed by atoms with Crippen molar-refractivity contribution in [2.24, 2.45) is 0 Å². The average Bonchev–Trinajstić information content (AvgIpc) is 3.01. The number of carbonyl (C=O) groups is 1. The van der Waals surface area contributed by atoms with E-state index in [4.69, 9.17) is 0 Å². The fourth-order valence-corrected chi connectivity index (χ4v) is 4.47. The third kappa shape index (κ3) is 2.80. The van der Waals surface area contributed by atoms with E-state index in [1.165, 1.54) is 6.26 Å². The Bertz CT molecular complexity index is 811. The molecule has 112 valence electrons. The molecule has 1 saturated heterocycles. The summed E-state index contributed by atoms with van der Waals surface area (Å²) in [4.78, 5) is 18.5. The summed E-state index contributed by atoms with van der Waals surface area (Å²) in [6.45, 7) is 2.72. The first-order valence-corrected chi connectivity index (χ1v) is 9.47. The second-order valence-corrected chi connectivity index (χ2v) is 8.97. The first-order valence-electron chi connectivity index (χ1n) is 6.70. The Labute approximate surface area is 127 Å². The van der Waals surface area contributed by atoms with Crippen LogP contribution in [0.4, 0.5) is 0 Å². The van der Waals surface area contributed by atoms with E-state index in [1.54, 1.807) is 22.3 Å². The molecule has 5 nitrogen and oxygen atoms in total. The molecule has 1 aliphatic heterocycles. The molecule has 0 saturated carbocycles. The molecule has 1 fully saturated rings. The molecule has 0 aliphatic carbocycles. The quantitative estimate of drug-likeness (QED) is 0.846. The maximum atomic E-state index is 12.5. The average molecular weight is 324 g/mol. The SMILES string of the molecule is Cc1nc2ccc(C(=O)N3CCC(S(C)(=O)=O)C3)cc2s1. The Morgan fingerprint density at radius 2 is 2.19 bits per heavy atom. The van der Waals surface area contributed by atoms with Crippen molar-refractivity contribution in [2.75, 3.05) is 19.3 Å². The summed E-state index contributed by atoms with van der Waals surface area (Å²) in [5.74, 6) is -0.103. The van der Waals surface area contributed by atoms with Crippen molar-refractivity contribution in [2.45, 2.75) is 18.6 Å². The second-order valence-electron chi connectivity index (χ2n) is 5.41. The highest BCUT2D eigenvalue weighted by Gasteiger charge is 2.32. The molecule has 1 aromatic heterocycles. The maximum absolute atomic E-state index is 12.5. The second kappa shape index (κ2) is 5.06. The molecule has 0 N–H and O–H groups in total. The van der Waals surface area contributed by atoms with Gasteiger partial charge in [-0.25, -0.2) is 13.4 Å². The lowest BCUT2D eigenvalue weighted by molar-refractivity contribution is 0.0793. The summed E-state index contributed by atoms with van der Waals surface area (Å²) < 4.78 is 24.1. The highest BCUT2D eigenvalue weighted by molar-refractivity contribution is 7.91. The smallest absolute Gasteiger partial charge is 0.253 e. The summed E-state index contributed by atoms with van der Waals surface area (Å²) in [6, 6.07) is 5.45. The zero-order valence-electron chi connectivity index (χ0n) is 11.9. The third-order valence-corrected chi connectivity index (χ3v) is 6.31. The number of amides is 1. The van der Waals surface area contributed by atoms with Crippen LogP contribution in [0.5, 0.6) is 0 Å². The molecular formula is C14H16N2O3S2. The molecule has 21 heavy (non-hydrogen) atoms. The molecule has 0 bridgehead atoms. The van der Waals surface area contributed by atoms with E-state index in [0.717, 1.165) is 15.2 Å². The topological polar surface area (TPSA) is 67.3 Å². The van der Waals surface area contributed by atoms with Crippen molar-refractivity contribution in [1.82, 2.24) is 9.88 Å². The highest BCUT2D eigenvalue weighted by Crippen LogP contribution is 2.24. The minimum atomic E-state index is -3.08. The fourth-order valence-electron chi connectivity index (χ4n) is 2.62. The van der Waals surface area contributed by atoms with Gasteiger partial charge in [0.25, 0.3) is 5.91 Å². The predicted molar refractivity (Wildman–Crippen MR) is 83.5 cm³/mol. The number of hydrogen-bond donors (Lipinski definition) is 0. The number of aryl methyl sites for hydroxylation is 1. The molecule has 3 rings (SSSR count). The van der Waals surface area contributed by atoms with Gasteiger partial charge in [-0.3, -0.25) is 4.79 Å². The molecule has 0 radical (unpaired) electrons. The number of fused-ring (bicyclic) bond motifs is 1. The van der Waals surface area contributed by atoms with Gasteiger partial charge in [-0.05, 0) is 31.5 Å². The van der Waals surface area contributed by atoms with Gasteiger partial charge in [0.05, 0.1) is 20.5 Å². The molecule has 1 aliphatic rings. The van der Waals surface area contributed by atoms with Gasteiger partial charge in [-0.1, -0.05) is 0 Å². The number of nitrogens with zero attached hydrogens (tertiary/aromatic N) is 2. The van der Waals surface area contributed by atoms with Crippen LogP contribution >= 0.6 is 11.3 Å². The Morgan fingerprint density at radius 1 is 1.43 bits per heavy atom. The number of benzene rings is 1. The molecule has 1 atom stereocenters. The Balaban J connectivity index is 1.84. The number of hydrogen-bond acceptors (Lipinski definition) is 5. The van der Waals surface area contributed by atoms with Gasteiger partial charge in [0.15, 0.2) is 9.84 Å². The summed E-state index contributed by atoms with van der Waals surface area (Å²) >= 11 is 1.55. The molecule has 1 unspecified atom stereocenters. The van der Waals surface area contributed by atoms with Crippen LogP contribution in [0.1, 0.15) is 21.8 Å². The van der Waals surface area contributed by atoms with Crippen LogP contribution < -0.4 is 0 Å². The number of likely N-dealkylation sites (tertiary alicyclic amines) is 1. The van der Waals surface area contributed by atoms with E-state index in [2.05, 4.69) is 4.98 Å². The lowest BCUT2D eigenvalue weighted by Gasteiger charge is -2.16. The largest absolute Gasteiger partial charge is 0.337 e. The summed E-state index contributed by atoms with van der Waals surface area (Å²) in [5.41, 5.74) is 1.49. The Morgan fingerprint density at radius 3 is 2.86 bits per heavy atom. The van der Waals surface area contributed by atoms with E-state index in [1.807, 2.05) is 19.1 Å². The van der Waals surface area contributed by atoms with Crippen LogP contribution in [-0.2, 0) is 9.84 Å². The highest BCUT2D eigenvalue weighted by atomic mass is 32.2. The zero-order chi connectivity index (χ0) is 15.2. The first-order chi connectivity index (χ1) is 9.84. The van der Waals surface area contributed by atoms with Crippen LogP contribution in [0.15, 0.2) is 18.2 Å². The van der Waals surface area contributed by atoms with Gasteiger partial charge in [0, 0.05) is 24.9 Å². The fraction of sp³-hybridized carbons (Fsp3) is 0.429. The van der Waals surface area contributed by atoms with Crippen LogP contribution in [-0.4, -0.2) is 48.8 Å². The molecule has 7 heteroatoms. The predicted octanol–water partition coefficient (Wildman–Crippen LogP) is 1.86. The molecule has 2 aromatic rings. The van der Waals surface area contributed by atoms with Crippen LogP contribution in [0.25, 0.3) is 10.2 Å². The minimum absolute atomic E-state index is 0.103. The van der Waals surface area contributed by atoms with Crippen molar-refractivity contribution >= 4 is 37.3 Å². The normalized spacial score (nSPS) is 19.3. The van der Waals surface area contributed by atoms with E-state index in [0.29, 0.717) is 18.5 Å². The van der Waals surface area contributed by atoms with Gasteiger partial charge >= 0.3 is 0 Å². The van der Waals surface area contributed by atoms with Gasteiger partial charge < -0.3 is 4.90 Å². The molecule has 0 spiro atoms. The molecule has 1 amide bonds. The lowest BCUT2D eigenvalue weighted by atomic mass is 10.2. The maximum Gasteiger partial charge on any atom is 0.253 e. The van der Waals surface area contributed by atoms with Crippen molar-refractivity contribution in [3.8, 4) is 0 Å². The number of aromatic nitrogens is 1. The van der Waals surface area contributed by atoms with Gasteiger partial charge in [0.2, 0.25) is 0 Å². The van der Waals surface area contributed by atoms with E-state index < -0.39 is 15.1 Å². The zero-order valence-corrected chi connectivity index (χ0v) is 13.5. The number of sulfone groups is 1. The van der Waals surface area contributed by atoms with Gasteiger partial charge in [-0.15, -0.1) is 11.3 Å². The van der Waals surface area contributed by atoms with E-state index >= 15 is 0 Å². The summed E-state index contributed by atoms with van der Waals surface area (Å²) in [5, 5.41) is 0.531. The van der Waals surface area contributed by atoms with Gasteiger partial charge in [-0.2, -0.15) is 0 Å². The van der Waals surface area contributed by atoms with Crippen LogP contribution in [0.3, 0.4) is 0 Å². The van der Waals surface area contributed by atoms with E-state index in [-0.39, 0.29) is 12.5 Å². The molecular weight excluding hydrogens is 308 g/mol. The van der Waals surface area contributed by atoms with Crippen LogP contribution in [0.2, 0.25) is 0 Å². The third-order valence-electron chi connectivity index (χ3n) is 3.78. The number of thiazole rings is 1. The van der Waals surface area contributed by atoms with Crippen LogP contribution in [0, 0.1) is 6.92 Å². The Kier molecular flexibility index (Phi) is 3.49. The number of rotatable bonds is 2. The van der Waals surface area contributed by atoms with Crippen molar-refractivity contribution < 1.29 is 13.2 Å². The molecule has 1 aromatic carbocycles. The van der Waals surface area contributed by atoms with Crippen molar-refractivity contribution in [3.63, 3.8) is 0 Å². The number of carbonyl (C=O) groups excluding carboxylic acids is 1. The van der Waals surface area contributed by atoms with Crippen molar-refractivity contribution in [3.05, 3.63) is 28.8 Å². The minimum Gasteiger partial charge on any atom is -0.337 e. The molecule has 2 heterocycles. The van der Waals surface area contributed by atoms with Gasteiger partial charge in [0.1, 0.15) is 0 Å². The van der Waals surface area contributed by atoms with Crippen molar-refractivity contribution in [1.29, 1.82) is 0 Å². The summed E-state index contributed by atoms with van der Waals surface area (Å²) in [7, 11) is -3.08. The Hall–Kier alpha value is -1.47. The standard InChI is InChI=1S/C14H16N2O3S2/c1-9-15-12-4-3-10(7-13(12)20-9)14(17)16-6-5-11(8-16)21(2,18)19/h3-4,7,11H,5-6,8H2,1-2H3. The first kappa shape index (κ1) is 14.5. The van der Waals surface area contributed by atoms with E-state index in [9.17, 15) is 13.2 Å². The summed E-state index contributed by atoms with van der Waals surface area (Å²) in [6.07, 6.45) is 1.75. The monoisotopic (exact) mass is 324 g/mol. The lowest BCUT2D eigenvalue weighted by Crippen LogP contribution is -2.31.